The largest absolute Gasteiger partial charge is 0.481 e. The molecule has 0 aliphatic heterocycles. The molecule has 3 aromatic rings. The lowest BCUT2D eigenvalue weighted by Crippen LogP contribution is -2.23. The van der Waals surface area contributed by atoms with Crippen LogP contribution in [0.3, 0.4) is 0 Å². The quantitative estimate of drug-likeness (QED) is 0.622. The highest BCUT2D eigenvalue weighted by Gasteiger charge is 2.11. The number of ether oxygens (including phenoxy) is 1. The van der Waals surface area contributed by atoms with Crippen molar-refractivity contribution in [1.82, 2.24) is 10.3 Å². The summed E-state index contributed by atoms with van der Waals surface area (Å²) in [5.74, 6) is 0.306. The molecule has 2 aromatic carbocycles. The predicted molar refractivity (Wildman–Crippen MR) is 114 cm³/mol. The number of methoxy groups -OCH3 is 1. The van der Waals surface area contributed by atoms with Gasteiger partial charge in [0.2, 0.25) is 5.88 Å². The first-order valence-corrected chi connectivity index (χ1v) is 10.2. The number of anilines is 1. The van der Waals surface area contributed by atoms with E-state index in [4.69, 9.17) is 4.74 Å². The third-order valence-corrected chi connectivity index (χ3v) is 5.50. The monoisotopic (exact) mass is 409 g/mol. The molecule has 2 N–H and O–H groups in total. The van der Waals surface area contributed by atoms with Gasteiger partial charge in [-0.1, -0.05) is 29.8 Å². The molecular formula is C22H23N3O3S. The molecule has 150 valence electrons. The number of carbonyl (C=O) groups is 1. The summed E-state index contributed by atoms with van der Waals surface area (Å²) < 4.78 is 20.6. The first-order chi connectivity index (χ1) is 14.0. The van der Waals surface area contributed by atoms with Crippen LogP contribution in [-0.2, 0) is 17.5 Å². The number of amides is 1. The van der Waals surface area contributed by atoms with E-state index in [2.05, 4.69) is 15.0 Å². The van der Waals surface area contributed by atoms with E-state index in [1.807, 2.05) is 50.2 Å². The van der Waals surface area contributed by atoms with Crippen molar-refractivity contribution in [2.75, 3.05) is 11.8 Å². The highest BCUT2D eigenvalue weighted by molar-refractivity contribution is 7.86. The summed E-state index contributed by atoms with van der Waals surface area (Å²) in [6, 6.07) is 16.4. The zero-order valence-electron chi connectivity index (χ0n) is 16.6. The topological polar surface area (TPSA) is 80.3 Å². The van der Waals surface area contributed by atoms with E-state index >= 15 is 0 Å². The molecule has 1 heterocycles. The minimum Gasteiger partial charge on any atom is -0.481 e. The molecule has 29 heavy (non-hydrogen) atoms. The molecule has 1 unspecified atom stereocenters. The van der Waals surface area contributed by atoms with Crippen molar-refractivity contribution < 1.29 is 13.7 Å². The van der Waals surface area contributed by atoms with Crippen molar-refractivity contribution >= 4 is 22.6 Å². The van der Waals surface area contributed by atoms with Gasteiger partial charge in [0.15, 0.2) is 0 Å². The van der Waals surface area contributed by atoms with Crippen molar-refractivity contribution in [2.24, 2.45) is 0 Å². The van der Waals surface area contributed by atoms with Crippen LogP contribution < -0.4 is 14.8 Å². The van der Waals surface area contributed by atoms with Gasteiger partial charge in [-0.3, -0.25) is 4.79 Å². The summed E-state index contributed by atoms with van der Waals surface area (Å²) in [5, 5.41) is 2.87. The average molecular weight is 410 g/mol. The van der Waals surface area contributed by atoms with Crippen LogP contribution >= 0.6 is 0 Å². The van der Waals surface area contributed by atoms with Crippen LogP contribution in [0.1, 0.15) is 27.0 Å². The van der Waals surface area contributed by atoms with Gasteiger partial charge in [-0.25, -0.2) is 9.19 Å². The minimum atomic E-state index is -1.41. The summed E-state index contributed by atoms with van der Waals surface area (Å²) in [6.45, 7) is 4.23. The van der Waals surface area contributed by atoms with Gasteiger partial charge in [0.25, 0.3) is 5.91 Å². The normalized spacial score (nSPS) is 11.6. The number of nitrogens with zero attached hydrogens (tertiary/aromatic N) is 1. The van der Waals surface area contributed by atoms with Gasteiger partial charge in [-0.05, 0) is 49.2 Å². The minimum absolute atomic E-state index is 0.218. The number of pyridine rings is 1. The Hall–Kier alpha value is -3.19. The molecule has 0 fully saturated rings. The Balaban J connectivity index is 1.67. The van der Waals surface area contributed by atoms with Gasteiger partial charge >= 0.3 is 0 Å². The van der Waals surface area contributed by atoms with Gasteiger partial charge in [-0.15, -0.1) is 0 Å². The molecule has 7 heteroatoms. The fourth-order valence-corrected chi connectivity index (χ4v) is 3.54. The second-order valence-electron chi connectivity index (χ2n) is 6.61. The third kappa shape index (κ3) is 5.42. The number of aromatic nitrogens is 1. The van der Waals surface area contributed by atoms with Crippen molar-refractivity contribution in [2.45, 2.75) is 25.3 Å². The molecule has 0 saturated heterocycles. The van der Waals surface area contributed by atoms with E-state index in [1.165, 1.54) is 0 Å². The third-order valence-electron chi connectivity index (χ3n) is 4.40. The SMILES string of the molecule is COc1ccc(CNC(=O)c2ccc(C)c(NS(=O)c3ccc(C)cc3)c2)cn1. The van der Waals surface area contributed by atoms with Crippen molar-refractivity contribution in [1.29, 1.82) is 0 Å². The Morgan fingerprint density at radius 1 is 1.07 bits per heavy atom. The van der Waals surface area contributed by atoms with Crippen LogP contribution in [0.2, 0.25) is 0 Å². The molecular weight excluding hydrogens is 386 g/mol. The van der Waals surface area contributed by atoms with E-state index in [1.54, 1.807) is 31.5 Å². The van der Waals surface area contributed by atoms with E-state index in [0.29, 0.717) is 28.6 Å². The Labute approximate surface area is 172 Å². The van der Waals surface area contributed by atoms with Gasteiger partial charge < -0.3 is 14.8 Å². The molecule has 0 aliphatic carbocycles. The number of rotatable bonds is 7. The lowest BCUT2D eigenvalue weighted by atomic mass is 10.1. The summed E-state index contributed by atoms with van der Waals surface area (Å²) in [5.41, 5.74) is 4.02. The van der Waals surface area contributed by atoms with Crippen LogP contribution in [0, 0.1) is 13.8 Å². The van der Waals surface area contributed by atoms with E-state index in [-0.39, 0.29) is 5.91 Å². The maximum absolute atomic E-state index is 12.6. The Kier molecular flexibility index (Phi) is 6.61. The Morgan fingerprint density at radius 2 is 1.83 bits per heavy atom. The number of nitrogens with one attached hydrogen (secondary N) is 2. The standard InChI is InChI=1S/C22H23N3O3S/c1-15-4-9-19(10-5-15)29(27)25-20-12-18(8-6-16(20)2)22(26)24-14-17-7-11-21(28-3)23-13-17/h4-13,25H,14H2,1-3H3,(H,24,26). The molecule has 0 radical (unpaired) electrons. The number of aryl methyl sites for hydroxylation is 2. The lowest BCUT2D eigenvalue weighted by Gasteiger charge is -2.12. The Morgan fingerprint density at radius 3 is 2.48 bits per heavy atom. The fourth-order valence-electron chi connectivity index (χ4n) is 2.61. The van der Waals surface area contributed by atoms with Crippen molar-refractivity contribution in [3.8, 4) is 5.88 Å². The zero-order valence-corrected chi connectivity index (χ0v) is 17.4. The summed E-state index contributed by atoms with van der Waals surface area (Å²) in [4.78, 5) is 17.3. The van der Waals surface area contributed by atoms with Crippen LogP contribution in [0.5, 0.6) is 5.88 Å². The highest BCUT2D eigenvalue weighted by Crippen LogP contribution is 2.20. The second kappa shape index (κ2) is 9.34. The first-order valence-electron chi connectivity index (χ1n) is 9.09. The van der Waals surface area contributed by atoms with Crippen LogP contribution in [0.4, 0.5) is 5.69 Å². The number of benzene rings is 2. The van der Waals surface area contributed by atoms with Gasteiger partial charge in [-0.2, -0.15) is 0 Å². The molecule has 6 nitrogen and oxygen atoms in total. The zero-order chi connectivity index (χ0) is 20.8. The van der Waals surface area contributed by atoms with Gasteiger partial charge in [0, 0.05) is 24.4 Å². The molecule has 0 aliphatic rings. The summed E-state index contributed by atoms with van der Waals surface area (Å²) >= 11 is 0. The van der Waals surface area contributed by atoms with E-state index in [9.17, 15) is 9.00 Å². The van der Waals surface area contributed by atoms with E-state index < -0.39 is 11.0 Å². The van der Waals surface area contributed by atoms with Crippen molar-refractivity contribution in [3.05, 3.63) is 83.0 Å². The van der Waals surface area contributed by atoms with Crippen molar-refractivity contribution in [3.63, 3.8) is 0 Å². The fraction of sp³-hybridized carbons (Fsp3) is 0.182. The second-order valence-corrected chi connectivity index (χ2v) is 7.82. The highest BCUT2D eigenvalue weighted by atomic mass is 32.2. The number of hydrogen-bond acceptors (Lipinski definition) is 4. The van der Waals surface area contributed by atoms with E-state index in [0.717, 1.165) is 16.7 Å². The van der Waals surface area contributed by atoms with Gasteiger partial charge in [0.1, 0.15) is 11.0 Å². The van der Waals surface area contributed by atoms with Crippen LogP contribution in [0.15, 0.2) is 65.7 Å². The van der Waals surface area contributed by atoms with Crippen LogP contribution in [-0.4, -0.2) is 22.2 Å². The number of hydrogen-bond donors (Lipinski definition) is 2. The maximum atomic E-state index is 12.6. The lowest BCUT2D eigenvalue weighted by molar-refractivity contribution is 0.0951. The predicted octanol–water partition coefficient (Wildman–Crippen LogP) is 3.77. The molecule has 1 amide bonds. The maximum Gasteiger partial charge on any atom is 0.251 e. The van der Waals surface area contributed by atoms with Gasteiger partial charge in [0.05, 0.1) is 17.7 Å². The van der Waals surface area contributed by atoms with Crippen LogP contribution in [0.25, 0.3) is 0 Å². The molecule has 0 bridgehead atoms. The smallest absolute Gasteiger partial charge is 0.251 e. The Bertz CT molecular complexity index is 1020. The molecule has 0 spiro atoms. The molecule has 1 aromatic heterocycles. The summed E-state index contributed by atoms with van der Waals surface area (Å²) in [6.07, 6.45) is 1.66. The number of carbonyl (C=O) groups excluding carboxylic acids is 1. The summed E-state index contributed by atoms with van der Waals surface area (Å²) in [7, 11) is 0.141. The molecule has 1 atom stereocenters. The average Bonchev–Trinajstić information content (AvgIpc) is 2.74. The molecule has 3 rings (SSSR count). The molecule has 0 saturated carbocycles. The first kappa shape index (κ1) is 20.5.